The van der Waals surface area contributed by atoms with Crippen LogP contribution in [0, 0.1) is 5.92 Å². The Kier molecular flexibility index (Phi) is 3.34. The van der Waals surface area contributed by atoms with Gasteiger partial charge in [-0.05, 0) is 31.9 Å². The Balaban J connectivity index is 1.95. The Morgan fingerprint density at radius 2 is 2.16 bits per heavy atom. The number of nitrogens with zero attached hydrogens (tertiary/aromatic N) is 3. The lowest BCUT2D eigenvalue weighted by Crippen LogP contribution is -2.40. The van der Waals surface area contributed by atoms with Gasteiger partial charge in [-0.1, -0.05) is 12.1 Å². The monoisotopic (exact) mass is 257 g/mol. The van der Waals surface area contributed by atoms with Crippen molar-refractivity contribution in [2.24, 2.45) is 5.92 Å². The number of rotatable bonds is 2. The van der Waals surface area contributed by atoms with E-state index in [-0.39, 0.29) is 6.10 Å². The van der Waals surface area contributed by atoms with Crippen LogP contribution < -0.4 is 4.90 Å². The number of fused-ring (bicyclic) bond motifs is 1. The van der Waals surface area contributed by atoms with Crippen LogP contribution in [0.2, 0.25) is 0 Å². The molecular weight excluding hydrogens is 238 g/mol. The number of hydrogen-bond acceptors (Lipinski definition) is 4. The molecule has 1 N–H and O–H groups in total. The quantitative estimate of drug-likeness (QED) is 0.896. The van der Waals surface area contributed by atoms with Gasteiger partial charge in [0, 0.05) is 24.4 Å². The normalized spacial score (nSPS) is 21.6. The number of benzene rings is 1. The van der Waals surface area contributed by atoms with E-state index in [2.05, 4.69) is 20.9 Å². The van der Waals surface area contributed by atoms with Crippen molar-refractivity contribution < 1.29 is 5.11 Å². The van der Waals surface area contributed by atoms with Crippen molar-refractivity contribution in [2.45, 2.75) is 25.9 Å². The summed E-state index contributed by atoms with van der Waals surface area (Å²) in [5, 5.41) is 10.9. The standard InChI is InChI=1S/C15H19N3O/c1-11(19)12-5-4-8-18(9-12)15-13-6-2-3-7-14(13)16-10-17-15/h2-3,6-7,10-12,19H,4-5,8-9H2,1H3. The predicted molar refractivity (Wildman–Crippen MR) is 76.2 cm³/mol. The molecule has 2 atom stereocenters. The highest BCUT2D eigenvalue weighted by Crippen LogP contribution is 2.28. The van der Waals surface area contributed by atoms with Crippen molar-refractivity contribution >= 4 is 16.7 Å². The molecule has 0 spiro atoms. The Hall–Kier alpha value is -1.68. The second kappa shape index (κ2) is 5.13. The summed E-state index contributed by atoms with van der Waals surface area (Å²) in [6, 6.07) is 8.09. The molecule has 0 saturated carbocycles. The number of aromatic nitrogens is 2. The molecule has 1 saturated heterocycles. The number of para-hydroxylation sites is 1. The van der Waals surface area contributed by atoms with Gasteiger partial charge in [-0.15, -0.1) is 0 Å². The van der Waals surface area contributed by atoms with Crippen molar-refractivity contribution in [2.75, 3.05) is 18.0 Å². The van der Waals surface area contributed by atoms with E-state index in [1.807, 2.05) is 25.1 Å². The molecule has 0 aliphatic carbocycles. The van der Waals surface area contributed by atoms with Gasteiger partial charge in [0.05, 0.1) is 11.6 Å². The molecule has 2 unspecified atom stereocenters. The summed E-state index contributed by atoms with van der Waals surface area (Å²) in [6.07, 6.45) is 3.57. The maximum absolute atomic E-state index is 9.80. The van der Waals surface area contributed by atoms with Crippen LogP contribution >= 0.6 is 0 Å². The lowest BCUT2D eigenvalue weighted by molar-refractivity contribution is 0.115. The highest BCUT2D eigenvalue weighted by Gasteiger charge is 2.25. The van der Waals surface area contributed by atoms with E-state index in [4.69, 9.17) is 0 Å². The lowest BCUT2D eigenvalue weighted by atomic mass is 9.93. The smallest absolute Gasteiger partial charge is 0.139 e. The van der Waals surface area contributed by atoms with Crippen molar-refractivity contribution in [3.8, 4) is 0 Å². The Morgan fingerprint density at radius 1 is 1.32 bits per heavy atom. The highest BCUT2D eigenvalue weighted by atomic mass is 16.3. The second-order valence-electron chi connectivity index (χ2n) is 5.30. The van der Waals surface area contributed by atoms with E-state index in [9.17, 15) is 5.11 Å². The molecule has 3 rings (SSSR count). The molecule has 100 valence electrons. The Bertz CT molecular complexity index is 565. The minimum Gasteiger partial charge on any atom is -0.393 e. The maximum Gasteiger partial charge on any atom is 0.139 e. The average Bonchev–Trinajstić information content (AvgIpc) is 2.47. The molecule has 1 aromatic heterocycles. The van der Waals surface area contributed by atoms with Crippen LogP contribution in [0.4, 0.5) is 5.82 Å². The molecule has 2 aromatic rings. The molecule has 2 heterocycles. The molecule has 0 radical (unpaired) electrons. The van der Waals surface area contributed by atoms with Crippen molar-refractivity contribution in [3.63, 3.8) is 0 Å². The largest absolute Gasteiger partial charge is 0.393 e. The van der Waals surface area contributed by atoms with Crippen LogP contribution in [0.1, 0.15) is 19.8 Å². The molecule has 1 aliphatic heterocycles. The van der Waals surface area contributed by atoms with Gasteiger partial charge in [0.1, 0.15) is 12.1 Å². The molecule has 1 fully saturated rings. The third-order valence-electron chi connectivity index (χ3n) is 3.96. The number of anilines is 1. The number of piperidine rings is 1. The topological polar surface area (TPSA) is 49.2 Å². The second-order valence-corrected chi connectivity index (χ2v) is 5.30. The van der Waals surface area contributed by atoms with Crippen LogP contribution in [0.3, 0.4) is 0 Å². The fourth-order valence-electron chi connectivity index (χ4n) is 2.84. The van der Waals surface area contributed by atoms with Gasteiger partial charge in [-0.25, -0.2) is 9.97 Å². The van der Waals surface area contributed by atoms with Gasteiger partial charge in [-0.3, -0.25) is 0 Å². The van der Waals surface area contributed by atoms with Crippen molar-refractivity contribution in [1.82, 2.24) is 9.97 Å². The zero-order valence-corrected chi connectivity index (χ0v) is 11.2. The summed E-state index contributed by atoms with van der Waals surface area (Å²) in [7, 11) is 0. The van der Waals surface area contributed by atoms with E-state index >= 15 is 0 Å². The van der Waals surface area contributed by atoms with Crippen LogP contribution in [0.5, 0.6) is 0 Å². The van der Waals surface area contributed by atoms with Crippen LogP contribution in [0.15, 0.2) is 30.6 Å². The first kappa shape index (κ1) is 12.4. The van der Waals surface area contributed by atoms with Crippen LogP contribution in [-0.4, -0.2) is 34.3 Å². The summed E-state index contributed by atoms with van der Waals surface area (Å²) in [5.74, 6) is 1.33. The minimum atomic E-state index is -0.254. The molecule has 4 heteroatoms. The highest BCUT2D eigenvalue weighted by molar-refractivity contribution is 5.89. The first-order valence-corrected chi connectivity index (χ1v) is 6.88. The molecular formula is C15H19N3O. The first-order valence-electron chi connectivity index (χ1n) is 6.88. The Morgan fingerprint density at radius 3 is 3.00 bits per heavy atom. The van der Waals surface area contributed by atoms with Gasteiger partial charge >= 0.3 is 0 Å². The van der Waals surface area contributed by atoms with E-state index in [1.54, 1.807) is 6.33 Å². The van der Waals surface area contributed by atoms with Crippen molar-refractivity contribution in [3.05, 3.63) is 30.6 Å². The van der Waals surface area contributed by atoms with Gasteiger partial charge in [0.25, 0.3) is 0 Å². The summed E-state index contributed by atoms with van der Waals surface area (Å²) < 4.78 is 0. The van der Waals surface area contributed by atoms with Gasteiger partial charge in [0.2, 0.25) is 0 Å². The van der Waals surface area contributed by atoms with Crippen LogP contribution in [-0.2, 0) is 0 Å². The summed E-state index contributed by atoms with van der Waals surface area (Å²) in [5.41, 5.74) is 0.978. The third-order valence-corrected chi connectivity index (χ3v) is 3.96. The number of aliphatic hydroxyl groups is 1. The predicted octanol–water partition coefficient (Wildman–Crippen LogP) is 2.23. The summed E-state index contributed by atoms with van der Waals surface area (Å²) >= 11 is 0. The Labute approximate surface area is 113 Å². The minimum absolute atomic E-state index is 0.254. The van der Waals surface area contributed by atoms with E-state index in [1.165, 1.54) is 0 Å². The molecule has 1 aromatic carbocycles. The lowest BCUT2D eigenvalue weighted by Gasteiger charge is -2.35. The summed E-state index contributed by atoms with van der Waals surface area (Å²) in [4.78, 5) is 11.0. The van der Waals surface area contributed by atoms with E-state index in [0.29, 0.717) is 5.92 Å². The van der Waals surface area contributed by atoms with E-state index in [0.717, 1.165) is 42.7 Å². The zero-order chi connectivity index (χ0) is 13.2. The van der Waals surface area contributed by atoms with Crippen molar-refractivity contribution in [1.29, 1.82) is 0 Å². The molecule has 1 aliphatic rings. The molecule has 0 bridgehead atoms. The maximum atomic E-state index is 9.80. The number of aliphatic hydroxyl groups excluding tert-OH is 1. The fourth-order valence-corrected chi connectivity index (χ4v) is 2.84. The fraction of sp³-hybridized carbons (Fsp3) is 0.467. The van der Waals surface area contributed by atoms with Gasteiger partial charge in [0.15, 0.2) is 0 Å². The van der Waals surface area contributed by atoms with Gasteiger partial charge < -0.3 is 10.0 Å². The summed E-state index contributed by atoms with van der Waals surface area (Å²) in [6.45, 7) is 3.76. The number of hydrogen-bond donors (Lipinski definition) is 1. The first-order chi connectivity index (χ1) is 9.25. The third kappa shape index (κ3) is 2.40. The SMILES string of the molecule is CC(O)C1CCCN(c2ncnc3ccccc23)C1. The van der Waals surface area contributed by atoms with E-state index < -0.39 is 0 Å². The molecule has 0 amide bonds. The molecule has 4 nitrogen and oxygen atoms in total. The molecule has 19 heavy (non-hydrogen) atoms. The van der Waals surface area contributed by atoms with Crippen LogP contribution in [0.25, 0.3) is 10.9 Å². The zero-order valence-electron chi connectivity index (χ0n) is 11.2. The van der Waals surface area contributed by atoms with Gasteiger partial charge in [-0.2, -0.15) is 0 Å². The average molecular weight is 257 g/mol.